The van der Waals surface area contributed by atoms with Crippen molar-refractivity contribution in [2.75, 3.05) is 58.5 Å². The number of ether oxygens (including phenoxy) is 2. The molecular formula is C18H26N3O5S+. The van der Waals surface area contributed by atoms with Gasteiger partial charge in [-0.25, -0.2) is 0 Å². The van der Waals surface area contributed by atoms with Gasteiger partial charge in [0.1, 0.15) is 11.0 Å². The number of hydrogen-bond acceptors (Lipinski definition) is 6. The molecule has 1 aromatic rings. The molecule has 0 aromatic heterocycles. The highest BCUT2D eigenvalue weighted by Crippen LogP contribution is 2.19. The fourth-order valence-electron chi connectivity index (χ4n) is 2.76. The molecule has 8 nitrogen and oxygen atoms in total. The number of nitrogens with one attached hydrogen (secondary N) is 2. The smallest absolute Gasteiger partial charge is 0.320 e. The van der Waals surface area contributed by atoms with Crippen molar-refractivity contribution >= 4 is 35.2 Å². The van der Waals surface area contributed by atoms with Gasteiger partial charge in [0.25, 0.3) is 11.8 Å². The lowest BCUT2D eigenvalue weighted by Crippen LogP contribution is -3.11. The predicted octanol–water partition coefficient (Wildman–Crippen LogP) is -0.735. The highest BCUT2D eigenvalue weighted by molar-refractivity contribution is 8.00. The number of anilines is 1. The van der Waals surface area contributed by atoms with Gasteiger partial charge in [0, 0.05) is 30.6 Å². The van der Waals surface area contributed by atoms with Crippen molar-refractivity contribution in [3.05, 3.63) is 24.3 Å². The molecule has 0 aliphatic carbocycles. The standard InChI is InChI=1S/C18H25N3O5S/c1-20(11-16(22)19-13-5-4-6-14(9-13)25-2)12-17(23)21-7-8-27-15(10-21)18(24)26-3/h4-6,9,15H,7-8,10-12H2,1-3H3,(H,19,22)/p+1/t15-/m0/s1. The zero-order valence-corrected chi connectivity index (χ0v) is 16.6. The summed E-state index contributed by atoms with van der Waals surface area (Å²) in [6.07, 6.45) is 0. The Kier molecular flexibility index (Phi) is 7.93. The van der Waals surface area contributed by atoms with Crippen LogP contribution in [0.3, 0.4) is 0 Å². The van der Waals surface area contributed by atoms with Gasteiger partial charge in [-0.1, -0.05) is 6.07 Å². The van der Waals surface area contributed by atoms with Gasteiger partial charge in [0.05, 0.1) is 21.3 Å². The number of amides is 2. The second-order valence-electron chi connectivity index (χ2n) is 6.31. The minimum Gasteiger partial charge on any atom is -0.497 e. The largest absolute Gasteiger partial charge is 0.497 e. The Balaban J connectivity index is 1.81. The third-order valence-electron chi connectivity index (χ3n) is 4.15. The van der Waals surface area contributed by atoms with E-state index in [2.05, 4.69) is 5.32 Å². The van der Waals surface area contributed by atoms with E-state index < -0.39 is 0 Å². The second-order valence-corrected chi connectivity index (χ2v) is 7.62. The lowest BCUT2D eigenvalue weighted by molar-refractivity contribution is -0.862. The molecule has 1 aromatic carbocycles. The summed E-state index contributed by atoms with van der Waals surface area (Å²) in [5.74, 6) is 0.787. The molecule has 0 radical (unpaired) electrons. The molecule has 0 bridgehead atoms. The van der Waals surface area contributed by atoms with Crippen LogP contribution in [0.4, 0.5) is 5.69 Å². The SMILES string of the molecule is COC(=O)[C@@H]1CN(C(=O)C[NH+](C)CC(=O)Nc2cccc(OC)c2)CCS1. The van der Waals surface area contributed by atoms with E-state index in [-0.39, 0.29) is 36.1 Å². The number of likely N-dealkylation sites (N-methyl/N-ethyl adjacent to an activating group) is 1. The van der Waals surface area contributed by atoms with Crippen molar-refractivity contribution in [1.82, 2.24) is 4.90 Å². The summed E-state index contributed by atoms with van der Waals surface area (Å²) in [6, 6.07) is 7.10. The van der Waals surface area contributed by atoms with E-state index in [1.807, 2.05) is 0 Å². The van der Waals surface area contributed by atoms with E-state index >= 15 is 0 Å². The number of benzene rings is 1. The van der Waals surface area contributed by atoms with Crippen LogP contribution in [-0.2, 0) is 19.1 Å². The van der Waals surface area contributed by atoms with Crippen molar-refractivity contribution in [3.8, 4) is 5.75 Å². The van der Waals surface area contributed by atoms with Crippen LogP contribution in [0.5, 0.6) is 5.75 Å². The molecule has 1 saturated heterocycles. The molecule has 1 aliphatic heterocycles. The number of quaternary nitrogens is 1. The molecule has 1 fully saturated rings. The Bertz CT molecular complexity index is 685. The highest BCUT2D eigenvalue weighted by atomic mass is 32.2. The number of thioether (sulfide) groups is 1. The van der Waals surface area contributed by atoms with Crippen molar-refractivity contribution in [2.45, 2.75) is 5.25 Å². The van der Waals surface area contributed by atoms with Gasteiger partial charge >= 0.3 is 5.97 Å². The summed E-state index contributed by atoms with van der Waals surface area (Å²) in [5.41, 5.74) is 0.646. The van der Waals surface area contributed by atoms with Crippen LogP contribution in [0, 0.1) is 0 Å². The lowest BCUT2D eigenvalue weighted by atomic mass is 10.3. The summed E-state index contributed by atoms with van der Waals surface area (Å²) in [7, 11) is 4.70. The van der Waals surface area contributed by atoms with E-state index in [4.69, 9.17) is 9.47 Å². The van der Waals surface area contributed by atoms with Crippen molar-refractivity contribution in [3.63, 3.8) is 0 Å². The average molecular weight is 396 g/mol. The average Bonchev–Trinajstić information content (AvgIpc) is 2.67. The molecule has 1 heterocycles. The molecule has 1 aliphatic rings. The normalized spacial score (nSPS) is 17.7. The number of hydrogen-bond donors (Lipinski definition) is 2. The minimum absolute atomic E-state index is 0.0733. The van der Waals surface area contributed by atoms with Gasteiger partial charge < -0.3 is 24.6 Å². The topological polar surface area (TPSA) is 89.4 Å². The molecular weight excluding hydrogens is 370 g/mol. The van der Waals surface area contributed by atoms with Gasteiger partial charge in [-0.2, -0.15) is 0 Å². The van der Waals surface area contributed by atoms with E-state index in [0.29, 0.717) is 30.3 Å². The monoisotopic (exact) mass is 396 g/mol. The predicted molar refractivity (Wildman–Crippen MR) is 103 cm³/mol. The van der Waals surface area contributed by atoms with E-state index in [1.54, 1.807) is 43.3 Å². The summed E-state index contributed by atoms with van der Waals surface area (Å²) >= 11 is 1.50. The van der Waals surface area contributed by atoms with Crippen molar-refractivity contribution in [1.29, 1.82) is 0 Å². The van der Waals surface area contributed by atoms with E-state index in [1.165, 1.54) is 18.9 Å². The molecule has 148 valence electrons. The Morgan fingerprint density at radius 3 is 2.78 bits per heavy atom. The van der Waals surface area contributed by atoms with Crippen LogP contribution in [-0.4, -0.2) is 81.1 Å². The molecule has 1 unspecified atom stereocenters. The number of esters is 1. The third kappa shape index (κ3) is 6.44. The summed E-state index contributed by atoms with van der Waals surface area (Å²) in [4.78, 5) is 38.8. The van der Waals surface area contributed by atoms with Crippen LogP contribution in [0.15, 0.2) is 24.3 Å². The number of methoxy groups -OCH3 is 2. The van der Waals surface area contributed by atoms with Crippen LogP contribution < -0.4 is 15.0 Å². The second kappa shape index (κ2) is 10.2. The maximum Gasteiger partial charge on any atom is 0.320 e. The molecule has 2 rings (SSSR count). The number of nitrogens with zero attached hydrogens (tertiary/aromatic N) is 1. The number of carbonyl (C=O) groups is 3. The first kappa shape index (κ1) is 21.0. The highest BCUT2D eigenvalue weighted by Gasteiger charge is 2.30. The maximum absolute atomic E-state index is 12.5. The van der Waals surface area contributed by atoms with Gasteiger partial charge in [-0.3, -0.25) is 14.4 Å². The lowest BCUT2D eigenvalue weighted by Gasteiger charge is -2.31. The van der Waals surface area contributed by atoms with Crippen LogP contribution in [0.25, 0.3) is 0 Å². The number of rotatable bonds is 7. The molecule has 0 saturated carbocycles. The first-order valence-electron chi connectivity index (χ1n) is 8.65. The van der Waals surface area contributed by atoms with Crippen molar-refractivity contribution in [2.24, 2.45) is 0 Å². The van der Waals surface area contributed by atoms with Gasteiger partial charge in [0.2, 0.25) is 0 Å². The Morgan fingerprint density at radius 1 is 1.30 bits per heavy atom. The summed E-state index contributed by atoms with van der Waals surface area (Å²) < 4.78 is 9.89. The maximum atomic E-state index is 12.5. The first-order valence-corrected chi connectivity index (χ1v) is 9.70. The molecule has 27 heavy (non-hydrogen) atoms. The number of carbonyl (C=O) groups excluding carboxylic acids is 3. The molecule has 2 amide bonds. The summed E-state index contributed by atoms with van der Waals surface area (Å²) in [6.45, 7) is 1.29. The Hall–Kier alpha value is -2.26. The first-order chi connectivity index (χ1) is 12.9. The van der Waals surface area contributed by atoms with Gasteiger partial charge in [0.15, 0.2) is 13.1 Å². The van der Waals surface area contributed by atoms with E-state index in [0.717, 1.165) is 4.90 Å². The Morgan fingerprint density at radius 2 is 2.07 bits per heavy atom. The zero-order chi connectivity index (χ0) is 19.8. The zero-order valence-electron chi connectivity index (χ0n) is 15.8. The van der Waals surface area contributed by atoms with Crippen LogP contribution in [0.1, 0.15) is 0 Å². The van der Waals surface area contributed by atoms with Gasteiger partial charge in [-0.05, 0) is 12.1 Å². The third-order valence-corrected chi connectivity index (χ3v) is 5.31. The van der Waals surface area contributed by atoms with Gasteiger partial charge in [-0.15, -0.1) is 11.8 Å². The fraction of sp³-hybridized carbons (Fsp3) is 0.500. The molecule has 0 spiro atoms. The molecule has 2 atom stereocenters. The van der Waals surface area contributed by atoms with E-state index in [9.17, 15) is 14.4 Å². The Labute approximate surface area is 163 Å². The molecule has 9 heteroatoms. The summed E-state index contributed by atoms with van der Waals surface area (Å²) in [5, 5.41) is 2.46. The quantitative estimate of drug-likeness (QED) is 0.591. The minimum atomic E-state index is -0.343. The van der Waals surface area contributed by atoms with Crippen LogP contribution >= 0.6 is 11.8 Å². The van der Waals surface area contributed by atoms with Crippen molar-refractivity contribution < 1.29 is 28.8 Å². The fourth-order valence-corrected chi connectivity index (χ4v) is 3.89. The molecule has 2 N–H and O–H groups in total. The van der Waals surface area contributed by atoms with Crippen LogP contribution in [0.2, 0.25) is 0 Å².